The maximum atomic E-state index is 5.87. The van der Waals surface area contributed by atoms with E-state index in [0.717, 1.165) is 31.5 Å². The molecule has 0 aromatic carbocycles. The van der Waals surface area contributed by atoms with Gasteiger partial charge in [0.15, 0.2) is 5.82 Å². The number of rotatable bonds is 2. The van der Waals surface area contributed by atoms with Gasteiger partial charge in [-0.25, -0.2) is 0 Å². The third-order valence-electron chi connectivity index (χ3n) is 3.06. The van der Waals surface area contributed by atoms with Crippen LogP contribution in [-0.2, 0) is 5.41 Å². The van der Waals surface area contributed by atoms with Crippen molar-refractivity contribution < 1.29 is 4.74 Å². The van der Waals surface area contributed by atoms with E-state index in [4.69, 9.17) is 10.5 Å². The van der Waals surface area contributed by atoms with E-state index >= 15 is 0 Å². The van der Waals surface area contributed by atoms with Crippen molar-refractivity contribution in [1.29, 1.82) is 0 Å². The molecule has 5 heteroatoms. The third-order valence-corrected chi connectivity index (χ3v) is 3.67. The minimum absolute atomic E-state index is 0.00692. The maximum Gasteiger partial charge on any atom is 0.293 e. The molecular formula is C12H21N3OS. The Kier molecular flexibility index (Phi) is 3.68. The Hall–Kier alpha value is -0.680. The first-order valence-corrected chi connectivity index (χ1v) is 6.99. The molecule has 96 valence electrons. The molecule has 0 spiro atoms. The molecule has 1 heterocycles. The van der Waals surface area contributed by atoms with Crippen molar-refractivity contribution in [3.63, 3.8) is 0 Å². The van der Waals surface area contributed by atoms with Crippen LogP contribution in [0, 0.1) is 0 Å². The Labute approximate surface area is 107 Å². The van der Waals surface area contributed by atoms with E-state index in [2.05, 4.69) is 30.1 Å². The highest BCUT2D eigenvalue weighted by atomic mass is 32.1. The maximum absolute atomic E-state index is 5.87. The van der Waals surface area contributed by atoms with Crippen LogP contribution < -0.4 is 10.5 Å². The predicted octanol–water partition coefficient (Wildman–Crippen LogP) is 2.48. The average molecular weight is 255 g/mol. The summed E-state index contributed by atoms with van der Waals surface area (Å²) in [5.74, 6) is 0.866. The fourth-order valence-corrected chi connectivity index (χ4v) is 2.70. The van der Waals surface area contributed by atoms with Gasteiger partial charge in [0, 0.05) is 23.0 Å². The molecule has 17 heavy (non-hydrogen) atoms. The van der Waals surface area contributed by atoms with Gasteiger partial charge in [0.05, 0.1) is 0 Å². The van der Waals surface area contributed by atoms with Gasteiger partial charge in [-0.05, 0) is 25.7 Å². The van der Waals surface area contributed by atoms with E-state index in [-0.39, 0.29) is 11.5 Å². The molecule has 2 N–H and O–H groups in total. The molecule has 1 fully saturated rings. The topological polar surface area (TPSA) is 61.0 Å². The van der Waals surface area contributed by atoms with Gasteiger partial charge in [0.2, 0.25) is 0 Å². The van der Waals surface area contributed by atoms with Crippen molar-refractivity contribution in [2.24, 2.45) is 5.73 Å². The van der Waals surface area contributed by atoms with E-state index in [0.29, 0.717) is 11.2 Å². The number of hydrogen-bond acceptors (Lipinski definition) is 5. The smallest absolute Gasteiger partial charge is 0.293 e. The van der Waals surface area contributed by atoms with Crippen LogP contribution >= 0.6 is 11.5 Å². The van der Waals surface area contributed by atoms with Gasteiger partial charge in [0.1, 0.15) is 6.10 Å². The first kappa shape index (κ1) is 12.8. The molecule has 1 saturated carbocycles. The Morgan fingerprint density at radius 1 is 1.24 bits per heavy atom. The molecular weight excluding hydrogens is 234 g/mol. The number of hydrogen-bond donors (Lipinski definition) is 1. The SMILES string of the molecule is CC(C)(C)c1nsc(OC2CCC(N)CC2)n1. The molecule has 0 aliphatic heterocycles. The average Bonchev–Trinajstić information content (AvgIpc) is 2.69. The lowest BCUT2D eigenvalue weighted by atomic mass is 9.94. The summed E-state index contributed by atoms with van der Waals surface area (Å²) in [6.07, 6.45) is 4.44. The monoisotopic (exact) mass is 255 g/mol. The molecule has 4 nitrogen and oxygen atoms in total. The molecule has 0 atom stereocenters. The first-order chi connectivity index (χ1) is 7.95. The van der Waals surface area contributed by atoms with Crippen LogP contribution in [0.5, 0.6) is 5.19 Å². The lowest BCUT2D eigenvalue weighted by Crippen LogP contribution is -2.31. The highest BCUT2D eigenvalue weighted by Crippen LogP contribution is 2.27. The summed E-state index contributed by atoms with van der Waals surface area (Å²) in [5.41, 5.74) is 5.86. The van der Waals surface area contributed by atoms with Crippen LogP contribution in [-0.4, -0.2) is 21.5 Å². The number of aromatic nitrogens is 2. The molecule has 0 radical (unpaired) electrons. The Morgan fingerprint density at radius 3 is 2.41 bits per heavy atom. The van der Waals surface area contributed by atoms with Gasteiger partial charge in [-0.1, -0.05) is 20.8 Å². The highest BCUT2D eigenvalue weighted by molar-refractivity contribution is 7.07. The van der Waals surface area contributed by atoms with Crippen LogP contribution in [0.15, 0.2) is 0 Å². The predicted molar refractivity (Wildman–Crippen MR) is 69.5 cm³/mol. The summed E-state index contributed by atoms with van der Waals surface area (Å²) in [6.45, 7) is 6.33. The molecule has 1 aliphatic carbocycles. The van der Waals surface area contributed by atoms with Gasteiger partial charge in [0.25, 0.3) is 5.19 Å². The Morgan fingerprint density at radius 2 is 1.88 bits per heavy atom. The summed E-state index contributed by atoms with van der Waals surface area (Å²) in [4.78, 5) is 4.45. The molecule has 0 bridgehead atoms. The zero-order chi connectivity index (χ0) is 12.5. The summed E-state index contributed by atoms with van der Waals surface area (Å²) < 4.78 is 10.2. The third kappa shape index (κ3) is 3.39. The van der Waals surface area contributed by atoms with Crippen LogP contribution in [0.25, 0.3) is 0 Å². The summed E-state index contributed by atoms with van der Waals surface area (Å²) in [6, 6.07) is 0.356. The lowest BCUT2D eigenvalue weighted by molar-refractivity contribution is 0.146. The molecule has 1 aliphatic rings. The lowest BCUT2D eigenvalue weighted by Gasteiger charge is -2.25. The number of nitrogens with two attached hydrogens (primary N) is 1. The first-order valence-electron chi connectivity index (χ1n) is 6.21. The molecule has 2 rings (SSSR count). The highest BCUT2D eigenvalue weighted by Gasteiger charge is 2.23. The fourth-order valence-electron chi connectivity index (χ4n) is 1.91. The van der Waals surface area contributed by atoms with Crippen molar-refractivity contribution in [1.82, 2.24) is 9.36 Å². The summed E-state index contributed by atoms with van der Waals surface area (Å²) in [5, 5.41) is 0.704. The fraction of sp³-hybridized carbons (Fsp3) is 0.833. The summed E-state index contributed by atoms with van der Waals surface area (Å²) >= 11 is 1.36. The van der Waals surface area contributed by atoms with Crippen molar-refractivity contribution in [2.75, 3.05) is 0 Å². The zero-order valence-corrected chi connectivity index (χ0v) is 11.6. The van der Waals surface area contributed by atoms with E-state index in [1.807, 2.05) is 0 Å². The van der Waals surface area contributed by atoms with Crippen LogP contribution in [0.4, 0.5) is 0 Å². The van der Waals surface area contributed by atoms with Gasteiger partial charge >= 0.3 is 0 Å². The minimum atomic E-state index is -0.00692. The van der Waals surface area contributed by atoms with Crippen LogP contribution in [0.3, 0.4) is 0 Å². The number of ether oxygens (including phenoxy) is 1. The normalized spacial score (nSPS) is 25.9. The zero-order valence-electron chi connectivity index (χ0n) is 10.8. The second-order valence-corrected chi connectivity index (χ2v) is 6.50. The van der Waals surface area contributed by atoms with Gasteiger partial charge < -0.3 is 10.5 Å². The molecule has 1 aromatic rings. The van der Waals surface area contributed by atoms with E-state index in [9.17, 15) is 0 Å². The van der Waals surface area contributed by atoms with E-state index < -0.39 is 0 Å². The largest absolute Gasteiger partial charge is 0.466 e. The molecule has 1 aromatic heterocycles. The number of nitrogens with zero attached hydrogens (tertiary/aromatic N) is 2. The Balaban J connectivity index is 1.93. The Bertz CT molecular complexity index is 364. The molecule has 0 saturated heterocycles. The van der Waals surface area contributed by atoms with E-state index in [1.54, 1.807) is 0 Å². The van der Waals surface area contributed by atoms with Crippen LogP contribution in [0.1, 0.15) is 52.3 Å². The van der Waals surface area contributed by atoms with Crippen molar-refractivity contribution >= 4 is 11.5 Å². The second-order valence-electron chi connectivity index (χ2n) is 5.79. The van der Waals surface area contributed by atoms with E-state index in [1.165, 1.54) is 11.5 Å². The molecule has 0 unspecified atom stereocenters. The van der Waals surface area contributed by atoms with Crippen molar-refractivity contribution in [2.45, 2.75) is 64.0 Å². The quantitative estimate of drug-likeness (QED) is 0.882. The standard InChI is InChI=1S/C12H21N3OS/c1-12(2,3)10-14-11(17-15-10)16-9-6-4-8(13)5-7-9/h8-9H,4-7,13H2,1-3H3. The van der Waals surface area contributed by atoms with Gasteiger partial charge in [-0.15, -0.1) is 0 Å². The van der Waals surface area contributed by atoms with Gasteiger partial charge in [-0.2, -0.15) is 9.36 Å². The van der Waals surface area contributed by atoms with Crippen LogP contribution in [0.2, 0.25) is 0 Å². The minimum Gasteiger partial charge on any atom is -0.466 e. The summed E-state index contributed by atoms with van der Waals surface area (Å²) in [7, 11) is 0. The second kappa shape index (κ2) is 4.90. The van der Waals surface area contributed by atoms with Crippen molar-refractivity contribution in [3.05, 3.63) is 5.82 Å². The van der Waals surface area contributed by atoms with Gasteiger partial charge in [-0.3, -0.25) is 0 Å². The molecule has 0 amide bonds. The van der Waals surface area contributed by atoms with Crippen molar-refractivity contribution in [3.8, 4) is 5.19 Å².